The van der Waals surface area contributed by atoms with Crippen molar-refractivity contribution >= 4 is 5.91 Å². The summed E-state index contributed by atoms with van der Waals surface area (Å²) in [7, 11) is 0. The number of rotatable bonds is 12. The molecule has 0 spiro atoms. The van der Waals surface area contributed by atoms with E-state index in [1.54, 1.807) is 0 Å². The van der Waals surface area contributed by atoms with Crippen LogP contribution in [0, 0.1) is 0 Å². The first-order chi connectivity index (χ1) is 10.2. The van der Waals surface area contributed by atoms with E-state index in [-0.39, 0.29) is 5.91 Å². The molecule has 0 saturated heterocycles. The third-order valence-electron chi connectivity index (χ3n) is 3.46. The van der Waals surface area contributed by atoms with Gasteiger partial charge in [0.2, 0.25) is 5.91 Å². The van der Waals surface area contributed by atoms with Crippen LogP contribution < -0.4 is 10.6 Å². The summed E-state index contributed by atoms with van der Waals surface area (Å²) in [4.78, 5) is 11.5. The van der Waals surface area contributed by atoms with Crippen LogP contribution in [0.15, 0.2) is 0 Å². The maximum Gasteiger partial charge on any atom is 0.220 e. The largest absolute Gasteiger partial charge is 0.352 e. The Morgan fingerprint density at radius 1 is 0.857 bits per heavy atom. The van der Waals surface area contributed by atoms with Gasteiger partial charge in [-0.1, -0.05) is 73.1 Å². The highest BCUT2D eigenvalue weighted by atomic mass is 16.1. The zero-order valence-electron chi connectivity index (χ0n) is 15.3. The lowest BCUT2D eigenvalue weighted by atomic mass is 10.1. The summed E-state index contributed by atoms with van der Waals surface area (Å²) in [5, 5.41) is 6.32. The topological polar surface area (TPSA) is 41.1 Å². The van der Waals surface area contributed by atoms with E-state index < -0.39 is 0 Å². The lowest BCUT2D eigenvalue weighted by Crippen LogP contribution is -2.41. The average Bonchev–Trinajstić information content (AvgIpc) is 2.50. The molecule has 0 saturated carbocycles. The van der Waals surface area contributed by atoms with E-state index in [1.807, 2.05) is 0 Å². The molecule has 1 unspecified atom stereocenters. The van der Waals surface area contributed by atoms with Gasteiger partial charge in [0, 0.05) is 19.0 Å². The molecule has 1 atom stereocenters. The number of likely N-dealkylation sites (N-methyl/N-ethyl adjacent to an activating group) is 1. The van der Waals surface area contributed by atoms with Gasteiger partial charge in [-0.2, -0.15) is 0 Å². The summed E-state index contributed by atoms with van der Waals surface area (Å²) >= 11 is 0. The van der Waals surface area contributed by atoms with Gasteiger partial charge >= 0.3 is 0 Å². The van der Waals surface area contributed by atoms with Gasteiger partial charge in [-0.3, -0.25) is 4.79 Å². The summed E-state index contributed by atoms with van der Waals surface area (Å²) < 4.78 is 0. The van der Waals surface area contributed by atoms with Crippen LogP contribution in [0.1, 0.15) is 92.4 Å². The zero-order chi connectivity index (χ0) is 16.3. The molecule has 0 aliphatic rings. The minimum atomic E-state index is 0.202. The summed E-state index contributed by atoms with van der Waals surface area (Å²) in [6, 6.07) is 0.291. The van der Waals surface area contributed by atoms with E-state index in [4.69, 9.17) is 0 Å². The molecule has 21 heavy (non-hydrogen) atoms. The SMILES string of the molecule is CCCCCC.CCCCCC(=O)NC(CC)CNCC. The molecular weight excluding hydrogens is 260 g/mol. The molecule has 128 valence electrons. The number of hydrogen-bond acceptors (Lipinski definition) is 2. The van der Waals surface area contributed by atoms with Gasteiger partial charge in [-0.25, -0.2) is 0 Å². The second-order valence-electron chi connectivity index (χ2n) is 5.64. The van der Waals surface area contributed by atoms with Gasteiger partial charge in [0.05, 0.1) is 0 Å². The number of unbranched alkanes of at least 4 members (excludes halogenated alkanes) is 5. The van der Waals surface area contributed by atoms with Crippen LogP contribution in [0.4, 0.5) is 0 Å². The van der Waals surface area contributed by atoms with Crippen molar-refractivity contribution in [2.75, 3.05) is 13.1 Å². The Bertz CT molecular complexity index is 203. The quantitative estimate of drug-likeness (QED) is 0.515. The van der Waals surface area contributed by atoms with Crippen molar-refractivity contribution in [1.82, 2.24) is 10.6 Å². The zero-order valence-corrected chi connectivity index (χ0v) is 15.3. The van der Waals surface area contributed by atoms with Crippen LogP contribution in [-0.4, -0.2) is 25.0 Å². The molecule has 1 amide bonds. The smallest absolute Gasteiger partial charge is 0.220 e. The molecule has 3 heteroatoms. The van der Waals surface area contributed by atoms with Gasteiger partial charge in [0.1, 0.15) is 0 Å². The van der Waals surface area contributed by atoms with Crippen LogP contribution in [-0.2, 0) is 4.79 Å². The first-order valence-electron chi connectivity index (χ1n) is 9.16. The van der Waals surface area contributed by atoms with Crippen LogP contribution >= 0.6 is 0 Å². The molecule has 0 aromatic carbocycles. The molecule has 0 aliphatic carbocycles. The Balaban J connectivity index is 0. The summed E-state index contributed by atoms with van der Waals surface area (Å²) in [6.07, 6.45) is 10.5. The van der Waals surface area contributed by atoms with Crippen molar-refractivity contribution in [3.8, 4) is 0 Å². The van der Waals surface area contributed by atoms with E-state index in [0.29, 0.717) is 12.5 Å². The van der Waals surface area contributed by atoms with Gasteiger partial charge < -0.3 is 10.6 Å². The first-order valence-corrected chi connectivity index (χ1v) is 9.16. The van der Waals surface area contributed by atoms with Crippen molar-refractivity contribution in [1.29, 1.82) is 0 Å². The molecule has 0 fully saturated rings. The van der Waals surface area contributed by atoms with E-state index in [9.17, 15) is 4.79 Å². The molecule has 2 N–H and O–H groups in total. The van der Waals surface area contributed by atoms with Gasteiger partial charge in [-0.05, 0) is 19.4 Å². The van der Waals surface area contributed by atoms with E-state index >= 15 is 0 Å². The Hall–Kier alpha value is -0.570. The minimum absolute atomic E-state index is 0.202. The summed E-state index contributed by atoms with van der Waals surface area (Å²) in [6.45, 7) is 12.6. The fourth-order valence-electron chi connectivity index (χ4n) is 1.95. The number of carbonyl (C=O) groups is 1. The fraction of sp³-hybridized carbons (Fsp3) is 0.944. The lowest BCUT2D eigenvalue weighted by Gasteiger charge is -2.17. The molecule has 0 bridgehead atoms. The van der Waals surface area contributed by atoms with Crippen LogP contribution in [0.25, 0.3) is 0 Å². The second-order valence-corrected chi connectivity index (χ2v) is 5.64. The summed E-state index contributed by atoms with van der Waals surface area (Å²) in [5.74, 6) is 0.202. The van der Waals surface area contributed by atoms with Gasteiger partial charge in [0.15, 0.2) is 0 Å². The van der Waals surface area contributed by atoms with Gasteiger partial charge in [0.25, 0.3) is 0 Å². The normalized spacial score (nSPS) is 11.5. The highest BCUT2D eigenvalue weighted by Gasteiger charge is 2.08. The number of carbonyl (C=O) groups excluding carboxylic acids is 1. The highest BCUT2D eigenvalue weighted by molar-refractivity contribution is 5.76. The van der Waals surface area contributed by atoms with Crippen molar-refractivity contribution in [2.24, 2.45) is 0 Å². The highest BCUT2D eigenvalue weighted by Crippen LogP contribution is 1.99. The Kier molecular flexibility index (Phi) is 21.0. The lowest BCUT2D eigenvalue weighted by molar-refractivity contribution is -0.121. The average molecular weight is 301 g/mol. The fourth-order valence-corrected chi connectivity index (χ4v) is 1.95. The molecule has 0 aromatic rings. The Morgan fingerprint density at radius 3 is 1.81 bits per heavy atom. The summed E-state index contributed by atoms with van der Waals surface area (Å²) in [5.41, 5.74) is 0. The van der Waals surface area contributed by atoms with Crippen molar-refractivity contribution in [3.05, 3.63) is 0 Å². The Labute approximate surface area is 133 Å². The number of hydrogen-bond donors (Lipinski definition) is 2. The predicted molar refractivity (Wildman–Crippen MR) is 94.7 cm³/mol. The minimum Gasteiger partial charge on any atom is -0.352 e. The molecule has 0 rings (SSSR count). The van der Waals surface area contributed by atoms with E-state index in [2.05, 4.69) is 45.3 Å². The third kappa shape index (κ3) is 19.4. The predicted octanol–water partition coefficient (Wildman–Crippen LogP) is 4.66. The van der Waals surface area contributed by atoms with Gasteiger partial charge in [-0.15, -0.1) is 0 Å². The number of amides is 1. The molecule has 0 aliphatic heterocycles. The first kappa shape index (κ1) is 22.7. The van der Waals surface area contributed by atoms with Crippen LogP contribution in [0.2, 0.25) is 0 Å². The second kappa shape index (κ2) is 19.4. The van der Waals surface area contributed by atoms with Crippen LogP contribution in [0.3, 0.4) is 0 Å². The third-order valence-corrected chi connectivity index (χ3v) is 3.46. The van der Waals surface area contributed by atoms with Crippen molar-refractivity contribution in [3.63, 3.8) is 0 Å². The van der Waals surface area contributed by atoms with E-state index in [0.717, 1.165) is 32.4 Å². The van der Waals surface area contributed by atoms with Crippen molar-refractivity contribution < 1.29 is 4.79 Å². The van der Waals surface area contributed by atoms with Crippen molar-refractivity contribution in [2.45, 2.75) is 98.4 Å². The molecular formula is C18H40N2O. The monoisotopic (exact) mass is 300 g/mol. The molecule has 0 heterocycles. The molecule has 0 aromatic heterocycles. The maximum absolute atomic E-state index is 11.5. The Morgan fingerprint density at radius 2 is 1.38 bits per heavy atom. The standard InChI is InChI=1S/C12H26N2O.C6H14/c1-4-7-8-9-12(15)14-11(5-2)10-13-6-3;1-3-5-6-4-2/h11,13H,4-10H2,1-3H3,(H,14,15);3-6H2,1-2H3. The molecule has 0 radical (unpaired) electrons. The van der Waals surface area contributed by atoms with Crippen LogP contribution in [0.5, 0.6) is 0 Å². The van der Waals surface area contributed by atoms with E-state index in [1.165, 1.54) is 32.1 Å². The maximum atomic E-state index is 11.5. The molecule has 3 nitrogen and oxygen atoms in total. The number of nitrogens with one attached hydrogen (secondary N) is 2.